The number of hydrogen-bond donors (Lipinski definition) is 1. The summed E-state index contributed by atoms with van der Waals surface area (Å²) in [5, 5.41) is 12.3. The van der Waals surface area contributed by atoms with Gasteiger partial charge in [0.05, 0.1) is 18.1 Å². The number of ether oxygens (including phenoxy) is 1. The second kappa shape index (κ2) is 9.86. The molecule has 0 spiro atoms. The molecule has 2 heterocycles. The monoisotopic (exact) mass is 445 g/mol. The number of rotatable bonds is 8. The summed E-state index contributed by atoms with van der Waals surface area (Å²) in [6.45, 7) is 8.48. The molecule has 0 fully saturated rings. The summed E-state index contributed by atoms with van der Waals surface area (Å²) in [4.78, 5) is 28.9. The minimum atomic E-state index is -0.429. The Morgan fingerprint density at radius 3 is 2.57 bits per heavy atom. The van der Waals surface area contributed by atoms with Gasteiger partial charge in [-0.25, -0.2) is 9.78 Å². The molecule has 0 atom stereocenters. The highest BCUT2D eigenvalue weighted by Gasteiger charge is 2.19. The summed E-state index contributed by atoms with van der Waals surface area (Å²) in [5.74, 6) is 0.267. The number of amides is 1. The maximum Gasteiger partial charge on any atom is 0.350 e. The summed E-state index contributed by atoms with van der Waals surface area (Å²) in [6.07, 6.45) is 0. The molecule has 10 heteroatoms. The topological polar surface area (TPSA) is 99.0 Å². The summed E-state index contributed by atoms with van der Waals surface area (Å²) in [5.41, 5.74) is 2.70. The molecule has 0 bridgehead atoms. The lowest BCUT2D eigenvalue weighted by Gasteiger charge is -2.07. The number of esters is 1. The summed E-state index contributed by atoms with van der Waals surface area (Å²) in [6, 6.07) is 8.09. The van der Waals surface area contributed by atoms with Crippen LogP contribution in [0.2, 0.25) is 0 Å². The standard InChI is InChI=1S/C20H23N5O3S2/c1-5-25-17(14-9-7-12(3)8-10-14)23-24-20(25)29-11-15(26)22-19-21-13(4)16(30-19)18(27)28-6-2/h7-10H,5-6,11H2,1-4H3,(H,21,22,26). The fourth-order valence-electron chi connectivity index (χ4n) is 2.72. The molecule has 2 aromatic heterocycles. The predicted molar refractivity (Wildman–Crippen MR) is 118 cm³/mol. The van der Waals surface area contributed by atoms with E-state index in [9.17, 15) is 9.59 Å². The van der Waals surface area contributed by atoms with Crippen LogP contribution in [0.25, 0.3) is 11.4 Å². The van der Waals surface area contributed by atoms with Crippen molar-refractivity contribution in [3.8, 4) is 11.4 Å². The molecular formula is C20H23N5O3S2. The Hall–Kier alpha value is -2.72. The lowest BCUT2D eigenvalue weighted by atomic mass is 10.1. The van der Waals surface area contributed by atoms with Crippen LogP contribution in [0.15, 0.2) is 29.4 Å². The Morgan fingerprint density at radius 1 is 1.17 bits per heavy atom. The molecule has 1 amide bonds. The van der Waals surface area contributed by atoms with E-state index in [1.807, 2.05) is 42.7 Å². The molecule has 3 aromatic rings. The van der Waals surface area contributed by atoms with Crippen molar-refractivity contribution in [1.29, 1.82) is 0 Å². The number of nitrogens with one attached hydrogen (secondary N) is 1. The zero-order valence-corrected chi connectivity index (χ0v) is 18.9. The Bertz CT molecular complexity index is 1040. The van der Waals surface area contributed by atoms with E-state index in [0.29, 0.717) is 27.4 Å². The van der Waals surface area contributed by atoms with Crippen molar-refractivity contribution >= 4 is 40.1 Å². The van der Waals surface area contributed by atoms with Crippen LogP contribution in [-0.4, -0.2) is 44.0 Å². The highest BCUT2D eigenvalue weighted by Crippen LogP contribution is 2.26. The smallest absolute Gasteiger partial charge is 0.350 e. The zero-order chi connectivity index (χ0) is 21.7. The number of thioether (sulfide) groups is 1. The van der Waals surface area contributed by atoms with Crippen LogP contribution < -0.4 is 5.32 Å². The Balaban J connectivity index is 1.65. The van der Waals surface area contributed by atoms with E-state index in [1.165, 1.54) is 17.3 Å². The van der Waals surface area contributed by atoms with Gasteiger partial charge >= 0.3 is 5.97 Å². The van der Waals surface area contributed by atoms with Gasteiger partial charge in [0.25, 0.3) is 0 Å². The highest BCUT2D eigenvalue weighted by atomic mass is 32.2. The average Bonchev–Trinajstić information content (AvgIpc) is 3.30. The lowest BCUT2D eigenvalue weighted by molar-refractivity contribution is -0.113. The van der Waals surface area contributed by atoms with Crippen LogP contribution in [0.4, 0.5) is 5.13 Å². The average molecular weight is 446 g/mol. The highest BCUT2D eigenvalue weighted by molar-refractivity contribution is 7.99. The summed E-state index contributed by atoms with van der Waals surface area (Å²) in [7, 11) is 0. The number of carbonyl (C=O) groups excluding carboxylic acids is 2. The molecule has 1 aromatic carbocycles. The van der Waals surface area contributed by atoms with Crippen LogP contribution in [0.1, 0.15) is 34.8 Å². The van der Waals surface area contributed by atoms with Gasteiger partial charge in [0.2, 0.25) is 5.91 Å². The fourth-order valence-corrected chi connectivity index (χ4v) is 4.40. The van der Waals surface area contributed by atoms with E-state index in [1.54, 1.807) is 13.8 Å². The van der Waals surface area contributed by atoms with Gasteiger partial charge in [0, 0.05) is 12.1 Å². The molecule has 3 rings (SSSR count). The predicted octanol–water partition coefficient (Wildman–Crippen LogP) is 3.95. The molecule has 0 aliphatic carbocycles. The van der Waals surface area contributed by atoms with E-state index in [-0.39, 0.29) is 18.3 Å². The molecule has 8 nitrogen and oxygen atoms in total. The van der Waals surface area contributed by atoms with Gasteiger partial charge in [-0.05, 0) is 27.7 Å². The van der Waals surface area contributed by atoms with Crippen molar-refractivity contribution in [3.05, 3.63) is 40.4 Å². The number of nitrogens with zero attached hydrogens (tertiary/aromatic N) is 4. The Labute approximate surface area is 183 Å². The van der Waals surface area contributed by atoms with Crippen molar-refractivity contribution < 1.29 is 14.3 Å². The van der Waals surface area contributed by atoms with E-state index in [2.05, 4.69) is 20.5 Å². The second-order valence-corrected chi connectivity index (χ2v) is 8.35. The number of benzene rings is 1. The molecule has 0 saturated carbocycles. The largest absolute Gasteiger partial charge is 0.462 e. The van der Waals surface area contributed by atoms with Crippen molar-refractivity contribution in [1.82, 2.24) is 19.7 Å². The van der Waals surface area contributed by atoms with E-state index >= 15 is 0 Å². The molecular weight excluding hydrogens is 422 g/mol. The van der Waals surface area contributed by atoms with Gasteiger partial charge in [0.1, 0.15) is 4.88 Å². The quantitative estimate of drug-likeness (QED) is 0.414. The van der Waals surface area contributed by atoms with E-state index in [4.69, 9.17) is 4.74 Å². The minimum Gasteiger partial charge on any atom is -0.462 e. The third-order valence-corrected chi connectivity index (χ3v) is 6.20. The second-order valence-electron chi connectivity index (χ2n) is 6.41. The van der Waals surface area contributed by atoms with Gasteiger partial charge in [-0.1, -0.05) is 52.9 Å². The van der Waals surface area contributed by atoms with Crippen molar-refractivity contribution in [2.45, 2.75) is 39.4 Å². The third-order valence-electron chi connectivity index (χ3n) is 4.18. The van der Waals surface area contributed by atoms with Crippen LogP contribution in [0.3, 0.4) is 0 Å². The van der Waals surface area contributed by atoms with E-state index in [0.717, 1.165) is 22.7 Å². The molecule has 0 aliphatic rings. The van der Waals surface area contributed by atoms with Gasteiger partial charge in [-0.15, -0.1) is 10.2 Å². The Kier molecular flexibility index (Phi) is 7.22. The maximum absolute atomic E-state index is 12.4. The van der Waals surface area contributed by atoms with Gasteiger partial charge in [-0.2, -0.15) is 0 Å². The number of aryl methyl sites for hydroxylation is 2. The number of anilines is 1. The first-order chi connectivity index (χ1) is 14.4. The minimum absolute atomic E-state index is 0.152. The molecule has 30 heavy (non-hydrogen) atoms. The maximum atomic E-state index is 12.4. The van der Waals surface area contributed by atoms with Gasteiger partial charge in [0.15, 0.2) is 16.1 Å². The lowest BCUT2D eigenvalue weighted by Crippen LogP contribution is -2.14. The molecule has 0 aliphatic heterocycles. The zero-order valence-electron chi connectivity index (χ0n) is 17.3. The number of hydrogen-bond acceptors (Lipinski definition) is 8. The SMILES string of the molecule is CCOC(=O)c1sc(NC(=O)CSc2nnc(-c3ccc(C)cc3)n2CC)nc1C. The molecule has 1 N–H and O–H groups in total. The van der Waals surface area contributed by atoms with Crippen molar-refractivity contribution in [2.24, 2.45) is 0 Å². The Morgan fingerprint density at radius 2 is 1.90 bits per heavy atom. The first kappa shape index (κ1) is 22.0. The normalized spacial score (nSPS) is 10.8. The van der Waals surface area contributed by atoms with Gasteiger partial charge in [-0.3, -0.25) is 4.79 Å². The molecule has 0 saturated heterocycles. The number of thiazole rings is 1. The van der Waals surface area contributed by atoms with Crippen LogP contribution >= 0.6 is 23.1 Å². The van der Waals surface area contributed by atoms with Crippen LogP contribution in [0.5, 0.6) is 0 Å². The number of aromatic nitrogens is 4. The molecule has 0 radical (unpaired) electrons. The van der Waals surface area contributed by atoms with Gasteiger partial charge < -0.3 is 14.6 Å². The van der Waals surface area contributed by atoms with Crippen molar-refractivity contribution in [3.63, 3.8) is 0 Å². The van der Waals surface area contributed by atoms with Crippen molar-refractivity contribution in [2.75, 3.05) is 17.7 Å². The summed E-state index contributed by atoms with van der Waals surface area (Å²) < 4.78 is 6.98. The van der Waals surface area contributed by atoms with E-state index < -0.39 is 5.97 Å². The van der Waals surface area contributed by atoms with Crippen LogP contribution in [0, 0.1) is 13.8 Å². The van der Waals surface area contributed by atoms with Crippen LogP contribution in [-0.2, 0) is 16.1 Å². The third kappa shape index (κ3) is 5.06. The number of carbonyl (C=O) groups is 2. The fraction of sp³-hybridized carbons (Fsp3) is 0.350. The molecule has 0 unspecified atom stereocenters. The first-order valence-corrected chi connectivity index (χ1v) is 11.3. The summed E-state index contributed by atoms with van der Waals surface area (Å²) >= 11 is 2.41. The molecule has 158 valence electrons. The first-order valence-electron chi connectivity index (χ1n) is 9.50.